The first kappa shape index (κ1) is 18.8. The van der Waals surface area contributed by atoms with E-state index in [-0.39, 0.29) is 11.4 Å². The van der Waals surface area contributed by atoms with Gasteiger partial charge in [0.15, 0.2) is 0 Å². The molecule has 0 spiro atoms. The molecule has 0 aromatic heterocycles. The van der Waals surface area contributed by atoms with Crippen molar-refractivity contribution in [3.63, 3.8) is 0 Å². The molecular formula is C19H22N4O4. The summed E-state index contributed by atoms with van der Waals surface area (Å²) in [7, 11) is 0. The normalized spacial score (nSPS) is 14.5. The molecule has 0 bridgehead atoms. The Kier molecular flexibility index (Phi) is 6.35. The van der Waals surface area contributed by atoms with Crippen molar-refractivity contribution in [3.8, 4) is 0 Å². The number of para-hydroxylation sites is 2. The van der Waals surface area contributed by atoms with Crippen LogP contribution in [0.2, 0.25) is 0 Å². The first-order chi connectivity index (χ1) is 13.1. The molecule has 8 nitrogen and oxygen atoms in total. The average Bonchev–Trinajstić information content (AvgIpc) is 2.68. The van der Waals surface area contributed by atoms with Gasteiger partial charge in [0, 0.05) is 32.2 Å². The summed E-state index contributed by atoms with van der Waals surface area (Å²) in [4.78, 5) is 25.0. The molecule has 3 rings (SSSR count). The Bertz CT molecular complexity index is 806. The van der Waals surface area contributed by atoms with Crippen LogP contribution in [0.1, 0.15) is 11.1 Å². The quantitative estimate of drug-likeness (QED) is 0.602. The highest BCUT2D eigenvalue weighted by Gasteiger charge is 2.15. The van der Waals surface area contributed by atoms with Gasteiger partial charge in [-0.2, -0.15) is 0 Å². The number of anilines is 1. The molecule has 1 heterocycles. The molecule has 2 aromatic rings. The zero-order valence-electron chi connectivity index (χ0n) is 14.9. The number of urea groups is 1. The van der Waals surface area contributed by atoms with E-state index in [1.807, 2.05) is 24.3 Å². The molecule has 0 aliphatic carbocycles. The van der Waals surface area contributed by atoms with Crippen molar-refractivity contribution in [1.29, 1.82) is 0 Å². The molecule has 142 valence electrons. The van der Waals surface area contributed by atoms with Crippen molar-refractivity contribution in [1.82, 2.24) is 10.2 Å². The van der Waals surface area contributed by atoms with E-state index in [4.69, 9.17) is 4.74 Å². The lowest BCUT2D eigenvalue weighted by atomic mass is 10.1. The second-order valence-corrected chi connectivity index (χ2v) is 6.24. The molecule has 0 radical (unpaired) electrons. The molecule has 1 aliphatic heterocycles. The van der Waals surface area contributed by atoms with Crippen LogP contribution in [0.25, 0.3) is 0 Å². The van der Waals surface area contributed by atoms with Gasteiger partial charge >= 0.3 is 6.03 Å². The van der Waals surface area contributed by atoms with Crippen LogP contribution < -0.4 is 10.6 Å². The lowest BCUT2D eigenvalue weighted by molar-refractivity contribution is -0.383. The van der Waals surface area contributed by atoms with Gasteiger partial charge in [0.05, 0.1) is 18.1 Å². The second-order valence-electron chi connectivity index (χ2n) is 6.24. The molecule has 0 saturated carbocycles. The zero-order valence-corrected chi connectivity index (χ0v) is 14.9. The van der Waals surface area contributed by atoms with Gasteiger partial charge < -0.3 is 15.4 Å². The lowest BCUT2D eigenvalue weighted by Gasteiger charge is -2.27. The van der Waals surface area contributed by atoms with E-state index in [1.165, 1.54) is 12.1 Å². The summed E-state index contributed by atoms with van der Waals surface area (Å²) in [5.41, 5.74) is 2.19. The highest BCUT2D eigenvalue weighted by atomic mass is 16.6. The minimum Gasteiger partial charge on any atom is -0.379 e. The van der Waals surface area contributed by atoms with Gasteiger partial charge in [-0.25, -0.2) is 4.79 Å². The fourth-order valence-electron chi connectivity index (χ4n) is 2.96. The highest BCUT2D eigenvalue weighted by molar-refractivity contribution is 5.91. The third kappa shape index (κ3) is 5.25. The van der Waals surface area contributed by atoms with Crippen molar-refractivity contribution in [2.24, 2.45) is 0 Å². The first-order valence-electron chi connectivity index (χ1n) is 8.78. The number of hydrogen-bond acceptors (Lipinski definition) is 5. The van der Waals surface area contributed by atoms with E-state index in [9.17, 15) is 14.9 Å². The van der Waals surface area contributed by atoms with E-state index >= 15 is 0 Å². The van der Waals surface area contributed by atoms with Gasteiger partial charge in [0.25, 0.3) is 5.69 Å². The fourth-order valence-corrected chi connectivity index (χ4v) is 2.96. The number of nitro benzene ring substituents is 1. The zero-order chi connectivity index (χ0) is 19.1. The number of carbonyl (C=O) groups is 1. The summed E-state index contributed by atoms with van der Waals surface area (Å²) in [6.07, 6.45) is 0. The summed E-state index contributed by atoms with van der Waals surface area (Å²) < 4.78 is 5.37. The topological polar surface area (TPSA) is 96.7 Å². The SMILES string of the molecule is O=C(NCc1ccccc1CN1CCOCC1)Nc1ccccc1[N+](=O)[O-]. The van der Waals surface area contributed by atoms with E-state index in [2.05, 4.69) is 15.5 Å². The predicted molar refractivity (Wildman–Crippen MR) is 101 cm³/mol. The number of nitro groups is 1. The molecule has 1 fully saturated rings. The molecule has 0 atom stereocenters. The lowest BCUT2D eigenvalue weighted by Crippen LogP contribution is -2.36. The molecule has 1 saturated heterocycles. The van der Waals surface area contributed by atoms with Crippen LogP contribution in [0.4, 0.5) is 16.2 Å². The molecule has 1 aliphatic rings. The van der Waals surface area contributed by atoms with Gasteiger partial charge in [0.1, 0.15) is 5.69 Å². The number of morpholine rings is 1. The summed E-state index contributed by atoms with van der Waals surface area (Å²) in [5, 5.41) is 16.4. The van der Waals surface area contributed by atoms with E-state index in [1.54, 1.807) is 12.1 Å². The summed E-state index contributed by atoms with van der Waals surface area (Å²) >= 11 is 0. The standard InChI is InChI=1S/C19H22N4O4/c24-19(21-17-7-3-4-8-18(17)23(25)26)20-13-15-5-1-2-6-16(15)14-22-9-11-27-12-10-22/h1-8H,9-14H2,(H2,20,21,24). The number of ether oxygens (including phenoxy) is 1. The summed E-state index contributed by atoms with van der Waals surface area (Å²) in [6, 6.07) is 13.5. The number of amides is 2. The minimum atomic E-state index is -0.521. The second kappa shape index (κ2) is 9.11. The van der Waals surface area contributed by atoms with Gasteiger partial charge in [0.2, 0.25) is 0 Å². The Morgan fingerprint density at radius 2 is 1.74 bits per heavy atom. The van der Waals surface area contributed by atoms with Gasteiger partial charge in [-0.3, -0.25) is 15.0 Å². The molecule has 2 amide bonds. The Balaban J connectivity index is 1.60. The molecule has 0 unspecified atom stereocenters. The van der Waals surface area contributed by atoms with Crippen LogP contribution in [-0.2, 0) is 17.8 Å². The third-order valence-corrected chi connectivity index (χ3v) is 4.40. The van der Waals surface area contributed by atoms with E-state index in [0.717, 1.165) is 44.0 Å². The minimum absolute atomic E-state index is 0.139. The monoisotopic (exact) mass is 370 g/mol. The maximum absolute atomic E-state index is 12.2. The van der Waals surface area contributed by atoms with Crippen LogP contribution in [0.5, 0.6) is 0 Å². The van der Waals surface area contributed by atoms with Crippen molar-refractivity contribution >= 4 is 17.4 Å². The van der Waals surface area contributed by atoms with Crippen LogP contribution in [-0.4, -0.2) is 42.2 Å². The van der Waals surface area contributed by atoms with Crippen LogP contribution in [0, 0.1) is 10.1 Å². The van der Waals surface area contributed by atoms with Crippen molar-refractivity contribution in [3.05, 3.63) is 69.8 Å². The maximum atomic E-state index is 12.2. The number of nitrogens with one attached hydrogen (secondary N) is 2. The Hall–Kier alpha value is -2.97. The van der Waals surface area contributed by atoms with Crippen molar-refractivity contribution < 1.29 is 14.5 Å². The Labute approximate surface area is 157 Å². The number of rotatable bonds is 6. The van der Waals surface area contributed by atoms with Crippen LogP contribution in [0.3, 0.4) is 0 Å². The molecule has 27 heavy (non-hydrogen) atoms. The Morgan fingerprint density at radius 1 is 1.07 bits per heavy atom. The first-order valence-corrected chi connectivity index (χ1v) is 8.78. The highest BCUT2D eigenvalue weighted by Crippen LogP contribution is 2.23. The summed E-state index contributed by atoms with van der Waals surface area (Å²) in [5.74, 6) is 0. The average molecular weight is 370 g/mol. The number of carbonyl (C=O) groups excluding carboxylic acids is 1. The van der Waals surface area contributed by atoms with Crippen LogP contribution in [0.15, 0.2) is 48.5 Å². The van der Waals surface area contributed by atoms with Crippen molar-refractivity contribution in [2.75, 3.05) is 31.6 Å². The largest absolute Gasteiger partial charge is 0.379 e. The van der Waals surface area contributed by atoms with E-state index in [0.29, 0.717) is 6.54 Å². The number of nitrogens with zero attached hydrogens (tertiary/aromatic N) is 2. The number of hydrogen-bond donors (Lipinski definition) is 2. The molecule has 2 N–H and O–H groups in total. The number of benzene rings is 2. The van der Waals surface area contributed by atoms with E-state index < -0.39 is 11.0 Å². The Morgan fingerprint density at radius 3 is 2.48 bits per heavy atom. The predicted octanol–water partition coefficient (Wildman–Crippen LogP) is 2.75. The van der Waals surface area contributed by atoms with Crippen LogP contribution >= 0.6 is 0 Å². The summed E-state index contributed by atoms with van der Waals surface area (Å²) in [6.45, 7) is 4.39. The van der Waals surface area contributed by atoms with Gasteiger partial charge in [-0.15, -0.1) is 0 Å². The fraction of sp³-hybridized carbons (Fsp3) is 0.316. The molecule has 8 heteroatoms. The van der Waals surface area contributed by atoms with Crippen molar-refractivity contribution in [2.45, 2.75) is 13.1 Å². The van der Waals surface area contributed by atoms with Gasteiger partial charge in [-0.05, 0) is 17.2 Å². The third-order valence-electron chi connectivity index (χ3n) is 4.40. The molecular weight excluding hydrogens is 348 g/mol. The van der Waals surface area contributed by atoms with Gasteiger partial charge in [-0.1, -0.05) is 36.4 Å². The molecule has 2 aromatic carbocycles. The smallest absolute Gasteiger partial charge is 0.319 e. The maximum Gasteiger partial charge on any atom is 0.319 e.